The minimum absolute atomic E-state index is 0.0407. The molecule has 4 rings (SSSR count). The first-order valence-electron chi connectivity index (χ1n) is 9.25. The monoisotopic (exact) mass is 442 g/mol. The summed E-state index contributed by atoms with van der Waals surface area (Å²) < 4.78 is 79.0. The molecule has 3 N–H and O–H groups in total. The zero-order valence-corrected chi connectivity index (χ0v) is 15.8. The van der Waals surface area contributed by atoms with Gasteiger partial charge in [-0.2, -0.15) is 31.3 Å². The zero-order chi connectivity index (χ0) is 22.2. The summed E-state index contributed by atoms with van der Waals surface area (Å²) in [7, 11) is 0. The Morgan fingerprint density at radius 2 is 1.68 bits per heavy atom. The van der Waals surface area contributed by atoms with Gasteiger partial charge in [-0.15, -0.1) is 0 Å². The molecule has 12 heteroatoms. The minimum atomic E-state index is -4.95. The van der Waals surface area contributed by atoms with Gasteiger partial charge in [0.1, 0.15) is 5.82 Å². The maximum Gasteiger partial charge on any atom is 0.416 e. The first kappa shape index (κ1) is 21.1. The van der Waals surface area contributed by atoms with Gasteiger partial charge in [-0.05, 0) is 37.2 Å². The molecule has 0 unspecified atom stereocenters. The fourth-order valence-electron chi connectivity index (χ4n) is 3.26. The maximum absolute atomic E-state index is 13.2. The van der Waals surface area contributed by atoms with E-state index in [-0.39, 0.29) is 23.9 Å². The third-order valence-electron chi connectivity index (χ3n) is 4.74. The summed E-state index contributed by atoms with van der Waals surface area (Å²) in [5, 5.41) is 9.23. The van der Waals surface area contributed by atoms with Crippen LogP contribution in [0.1, 0.15) is 17.5 Å². The van der Waals surface area contributed by atoms with E-state index in [2.05, 4.69) is 30.9 Å². The third kappa shape index (κ3) is 4.79. The summed E-state index contributed by atoms with van der Waals surface area (Å²) in [5.74, 6) is 0.247. The molecule has 0 aliphatic carbocycles. The Balaban J connectivity index is 1.76. The molecule has 0 saturated carbocycles. The number of nitrogens with zero attached hydrogens (tertiary/aromatic N) is 3. The van der Waals surface area contributed by atoms with Gasteiger partial charge in [-0.25, -0.2) is 4.98 Å². The van der Waals surface area contributed by atoms with E-state index in [0.29, 0.717) is 29.6 Å². The molecule has 31 heavy (non-hydrogen) atoms. The second-order valence-electron chi connectivity index (χ2n) is 7.04. The van der Waals surface area contributed by atoms with E-state index in [0.717, 1.165) is 13.0 Å². The quantitative estimate of drug-likeness (QED) is 0.514. The van der Waals surface area contributed by atoms with Crippen LogP contribution in [0.3, 0.4) is 0 Å². The van der Waals surface area contributed by atoms with Gasteiger partial charge in [-0.3, -0.25) is 4.98 Å². The van der Waals surface area contributed by atoms with Gasteiger partial charge in [-0.1, -0.05) is 0 Å². The lowest BCUT2D eigenvalue weighted by molar-refractivity contribution is -0.143. The molecule has 1 aromatic carbocycles. The van der Waals surface area contributed by atoms with Crippen molar-refractivity contribution in [2.24, 2.45) is 0 Å². The van der Waals surface area contributed by atoms with Crippen molar-refractivity contribution in [1.29, 1.82) is 0 Å². The van der Waals surface area contributed by atoms with Gasteiger partial charge < -0.3 is 16.0 Å². The summed E-state index contributed by atoms with van der Waals surface area (Å²) in [6, 6.07) is 2.91. The standard InChI is InChI=1S/C19H16F6N6/c20-18(21,22)10-5-11(19(23,24)25)7-13(6-10)28-16-14-9-27-4-2-15(14)30-17(31-16)29-12-1-3-26-8-12/h2,4-7,9,12,26H,1,3,8H2,(H2,28,29,30,31)/t12-/m0/s1. The molecule has 3 heterocycles. The molecule has 1 fully saturated rings. The molecule has 0 bridgehead atoms. The predicted molar refractivity (Wildman–Crippen MR) is 102 cm³/mol. The lowest BCUT2D eigenvalue weighted by Crippen LogP contribution is -2.23. The molecule has 2 aromatic heterocycles. The SMILES string of the molecule is FC(F)(F)c1cc(Nc2nc(N[C@H]3CCNC3)nc3ccncc23)cc(C(F)(F)F)c1. The molecule has 3 aromatic rings. The Bertz CT molecular complexity index is 1060. The Morgan fingerprint density at radius 1 is 0.968 bits per heavy atom. The zero-order valence-electron chi connectivity index (χ0n) is 15.8. The highest BCUT2D eigenvalue weighted by atomic mass is 19.4. The highest BCUT2D eigenvalue weighted by Crippen LogP contribution is 2.38. The molecule has 1 aliphatic heterocycles. The maximum atomic E-state index is 13.2. The molecule has 0 radical (unpaired) electrons. The second kappa shape index (κ2) is 7.84. The summed E-state index contributed by atoms with van der Waals surface area (Å²) in [6.45, 7) is 1.49. The molecule has 0 amide bonds. The number of hydrogen-bond acceptors (Lipinski definition) is 6. The van der Waals surface area contributed by atoms with Gasteiger partial charge in [0.05, 0.1) is 22.0 Å². The number of halogens is 6. The molecular formula is C19H16F6N6. The molecule has 0 spiro atoms. The summed E-state index contributed by atoms with van der Waals surface area (Å²) in [6.07, 6.45) is -6.21. The van der Waals surface area contributed by atoms with Crippen LogP contribution in [0.25, 0.3) is 10.9 Å². The number of pyridine rings is 1. The molecule has 1 saturated heterocycles. The van der Waals surface area contributed by atoms with E-state index < -0.39 is 29.2 Å². The lowest BCUT2D eigenvalue weighted by Gasteiger charge is -2.17. The van der Waals surface area contributed by atoms with E-state index in [1.54, 1.807) is 6.07 Å². The molecule has 1 atom stereocenters. The van der Waals surface area contributed by atoms with Gasteiger partial charge in [0.25, 0.3) is 0 Å². The predicted octanol–water partition coefficient (Wildman–Crippen LogP) is 4.58. The number of nitrogens with one attached hydrogen (secondary N) is 3. The van der Waals surface area contributed by atoms with Crippen LogP contribution >= 0.6 is 0 Å². The molecule has 164 valence electrons. The van der Waals surface area contributed by atoms with Crippen LogP contribution in [0.5, 0.6) is 0 Å². The van der Waals surface area contributed by atoms with Crippen molar-refractivity contribution < 1.29 is 26.3 Å². The van der Waals surface area contributed by atoms with Gasteiger partial charge in [0.15, 0.2) is 0 Å². The largest absolute Gasteiger partial charge is 0.416 e. The third-order valence-corrected chi connectivity index (χ3v) is 4.74. The van der Waals surface area contributed by atoms with Crippen LogP contribution in [0.4, 0.5) is 43.8 Å². The van der Waals surface area contributed by atoms with Crippen molar-refractivity contribution in [1.82, 2.24) is 20.3 Å². The lowest BCUT2D eigenvalue weighted by atomic mass is 10.1. The van der Waals surface area contributed by atoms with Gasteiger partial charge >= 0.3 is 12.4 Å². The van der Waals surface area contributed by atoms with E-state index >= 15 is 0 Å². The van der Waals surface area contributed by atoms with Crippen LogP contribution in [0.2, 0.25) is 0 Å². The van der Waals surface area contributed by atoms with Crippen LogP contribution in [-0.4, -0.2) is 34.1 Å². The van der Waals surface area contributed by atoms with Crippen molar-refractivity contribution in [3.8, 4) is 0 Å². The van der Waals surface area contributed by atoms with Gasteiger partial charge in [0.2, 0.25) is 5.95 Å². The number of benzene rings is 1. The van der Waals surface area contributed by atoms with Crippen LogP contribution < -0.4 is 16.0 Å². The normalized spacial score (nSPS) is 17.2. The van der Waals surface area contributed by atoms with E-state index in [9.17, 15) is 26.3 Å². The number of fused-ring (bicyclic) bond motifs is 1. The summed E-state index contributed by atoms with van der Waals surface area (Å²) in [5.41, 5.74) is -2.81. The number of rotatable bonds is 4. The molecular weight excluding hydrogens is 426 g/mol. The first-order chi connectivity index (χ1) is 14.6. The smallest absolute Gasteiger partial charge is 0.350 e. The Labute approximate surface area is 172 Å². The minimum Gasteiger partial charge on any atom is -0.350 e. The van der Waals surface area contributed by atoms with Crippen LogP contribution in [0.15, 0.2) is 36.7 Å². The number of alkyl halides is 6. The highest BCUT2D eigenvalue weighted by Gasteiger charge is 2.37. The van der Waals surface area contributed by atoms with Gasteiger partial charge in [0, 0.05) is 30.7 Å². The van der Waals surface area contributed by atoms with Crippen molar-refractivity contribution in [2.75, 3.05) is 23.7 Å². The first-order valence-corrected chi connectivity index (χ1v) is 9.25. The van der Waals surface area contributed by atoms with E-state index in [1.807, 2.05) is 0 Å². The van der Waals surface area contributed by atoms with Crippen molar-refractivity contribution in [3.05, 3.63) is 47.8 Å². The number of hydrogen-bond donors (Lipinski definition) is 3. The van der Waals surface area contributed by atoms with Crippen LogP contribution in [0, 0.1) is 0 Å². The summed E-state index contributed by atoms with van der Waals surface area (Å²) >= 11 is 0. The van der Waals surface area contributed by atoms with E-state index in [4.69, 9.17) is 0 Å². The number of anilines is 3. The average molecular weight is 442 g/mol. The molecule has 6 nitrogen and oxygen atoms in total. The topological polar surface area (TPSA) is 74.8 Å². The van der Waals surface area contributed by atoms with E-state index in [1.165, 1.54) is 12.4 Å². The molecule has 1 aliphatic rings. The second-order valence-corrected chi connectivity index (χ2v) is 7.04. The van der Waals surface area contributed by atoms with Crippen LogP contribution in [-0.2, 0) is 12.4 Å². The fraction of sp³-hybridized carbons (Fsp3) is 0.316. The Kier molecular flexibility index (Phi) is 5.33. The summed E-state index contributed by atoms with van der Waals surface area (Å²) in [4.78, 5) is 12.6. The van der Waals surface area contributed by atoms with Crippen molar-refractivity contribution in [3.63, 3.8) is 0 Å². The number of aromatic nitrogens is 3. The highest BCUT2D eigenvalue weighted by molar-refractivity contribution is 5.91. The Morgan fingerprint density at radius 3 is 2.29 bits per heavy atom. The Hall–Kier alpha value is -3.15. The fourth-order valence-corrected chi connectivity index (χ4v) is 3.26. The van der Waals surface area contributed by atoms with Crippen molar-refractivity contribution >= 4 is 28.4 Å². The van der Waals surface area contributed by atoms with Crippen molar-refractivity contribution in [2.45, 2.75) is 24.8 Å². The average Bonchev–Trinajstić information content (AvgIpc) is 3.19.